The van der Waals surface area contributed by atoms with Crippen LogP contribution in [0, 0.1) is 0 Å². The minimum Gasteiger partial charge on any atom is -0.479 e. The predicted molar refractivity (Wildman–Crippen MR) is 54.8 cm³/mol. The largest absolute Gasteiger partial charge is 0.479 e. The van der Waals surface area contributed by atoms with Gasteiger partial charge in [0.1, 0.15) is 5.69 Å². The number of methoxy groups -OCH3 is 1. The number of hydrogen-bond acceptors (Lipinski definition) is 4. The number of hydrogen-bond donors (Lipinski definition) is 0. The van der Waals surface area contributed by atoms with Gasteiger partial charge >= 0.3 is 6.09 Å². The number of nitrogens with zero attached hydrogens (tertiary/aromatic N) is 2. The Kier molecular flexibility index (Phi) is 4.28. The standard InChI is InChI=1S/C10H12N2O3/c1-3-15-10(13)12-9(14-2)8-6-4-5-7-11-8/h4-7H,3H2,1-2H3. The maximum Gasteiger partial charge on any atom is 0.436 e. The van der Waals surface area contributed by atoms with Crippen LogP contribution in [0.15, 0.2) is 29.4 Å². The second-order valence-electron chi connectivity index (χ2n) is 2.53. The molecule has 0 aliphatic heterocycles. The first kappa shape index (κ1) is 11.2. The number of rotatable bonds is 2. The minimum absolute atomic E-state index is 0.147. The Hall–Kier alpha value is -1.91. The zero-order chi connectivity index (χ0) is 11.1. The summed E-state index contributed by atoms with van der Waals surface area (Å²) in [5.74, 6) is 0.147. The van der Waals surface area contributed by atoms with Crippen molar-refractivity contribution in [3.05, 3.63) is 30.1 Å². The van der Waals surface area contributed by atoms with Crippen LogP contribution in [0.2, 0.25) is 0 Å². The third kappa shape index (κ3) is 3.38. The summed E-state index contributed by atoms with van der Waals surface area (Å²) in [6.45, 7) is 1.99. The van der Waals surface area contributed by atoms with Crippen LogP contribution < -0.4 is 0 Å². The van der Waals surface area contributed by atoms with Gasteiger partial charge in [0.25, 0.3) is 0 Å². The molecule has 0 saturated heterocycles. The predicted octanol–water partition coefficient (Wildman–Crippen LogP) is 1.63. The molecule has 0 aromatic carbocycles. The van der Waals surface area contributed by atoms with E-state index in [9.17, 15) is 4.79 Å². The smallest absolute Gasteiger partial charge is 0.436 e. The second-order valence-corrected chi connectivity index (χ2v) is 2.53. The van der Waals surface area contributed by atoms with Crippen LogP contribution >= 0.6 is 0 Å². The van der Waals surface area contributed by atoms with E-state index in [0.717, 1.165) is 0 Å². The van der Waals surface area contributed by atoms with Crippen molar-refractivity contribution in [1.29, 1.82) is 0 Å². The molecule has 0 N–H and O–H groups in total. The Morgan fingerprint density at radius 3 is 2.87 bits per heavy atom. The second kappa shape index (κ2) is 5.74. The van der Waals surface area contributed by atoms with Crippen LogP contribution in [-0.2, 0) is 9.47 Å². The first-order valence-electron chi connectivity index (χ1n) is 4.48. The SMILES string of the molecule is CCOC(=O)N=C(OC)c1ccccn1. The number of ether oxygens (including phenoxy) is 2. The van der Waals surface area contributed by atoms with E-state index < -0.39 is 6.09 Å². The maximum absolute atomic E-state index is 11.1. The van der Waals surface area contributed by atoms with Crippen molar-refractivity contribution in [3.63, 3.8) is 0 Å². The van der Waals surface area contributed by atoms with E-state index in [4.69, 9.17) is 4.74 Å². The molecule has 0 unspecified atom stereocenters. The van der Waals surface area contributed by atoms with Gasteiger partial charge in [0.2, 0.25) is 5.90 Å². The summed E-state index contributed by atoms with van der Waals surface area (Å²) >= 11 is 0. The average molecular weight is 208 g/mol. The van der Waals surface area contributed by atoms with E-state index in [1.807, 2.05) is 0 Å². The molecule has 1 rings (SSSR count). The lowest BCUT2D eigenvalue weighted by Crippen LogP contribution is -2.10. The van der Waals surface area contributed by atoms with Gasteiger partial charge in [0.05, 0.1) is 13.7 Å². The van der Waals surface area contributed by atoms with Crippen LogP contribution in [0.5, 0.6) is 0 Å². The number of aliphatic imine (C=N–C) groups is 1. The van der Waals surface area contributed by atoms with Gasteiger partial charge in [-0.05, 0) is 19.1 Å². The molecule has 0 bridgehead atoms. The van der Waals surface area contributed by atoms with Gasteiger partial charge in [-0.2, -0.15) is 0 Å². The topological polar surface area (TPSA) is 60.8 Å². The third-order valence-corrected chi connectivity index (χ3v) is 1.54. The van der Waals surface area contributed by atoms with Gasteiger partial charge < -0.3 is 9.47 Å². The molecule has 1 heterocycles. The molecule has 0 spiro atoms. The molecule has 0 saturated carbocycles. The van der Waals surface area contributed by atoms with E-state index in [1.54, 1.807) is 31.3 Å². The van der Waals surface area contributed by atoms with Crippen molar-refractivity contribution in [3.8, 4) is 0 Å². The number of aromatic nitrogens is 1. The highest BCUT2D eigenvalue weighted by Crippen LogP contribution is 1.99. The molecule has 80 valence electrons. The number of amides is 1. The molecule has 15 heavy (non-hydrogen) atoms. The van der Waals surface area contributed by atoms with Gasteiger partial charge in [-0.25, -0.2) is 4.79 Å². The van der Waals surface area contributed by atoms with Crippen LogP contribution in [0.25, 0.3) is 0 Å². The molecule has 0 atom stereocenters. The lowest BCUT2D eigenvalue weighted by Gasteiger charge is -2.02. The first-order valence-corrected chi connectivity index (χ1v) is 4.48. The summed E-state index contributed by atoms with van der Waals surface area (Å²) in [7, 11) is 1.42. The van der Waals surface area contributed by atoms with Crippen molar-refractivity contribution in [2.75, 3.05) is 13.7 Å². The summed E-state index contributed by atoms with van der Waals surface area (Å²) < 4.78 is 9.60. The molecular formula is C10H12N2O3. The number of carbonyl (C=O) groups is 1. The molecular weight excluding hydrogens is 196 g/mol. The average Bonchev–Trinajstić information content (AvgIpc) is 2.27. The quantitative estimate of drug-likeness (QED) is 0.547. The summed E-state index contributed by atoms with van der Waals surface area (Å²) in [5, 5.41) is 0. The molecule has 0 aliphatic carbocycles. The summed E-state index contributed by atoms with van der Waals surface area (Å²) in [4.78, 5) is 18.7. The van der Waals surface area contributed by atoms with Crippen molar-refractivity contribution >= 4 is 12.0 Å². The van der Waals surface area contributed by atoms with Gasteiger partial charge in [0, 0.05) is 6.20 Å². The number of carbonyl (C=O) groups excluding carboxylic acids is 1. The number of pyridine rings is 1. The normalized spacial score (nSPS) is 10.9. The van der Waals surface area contributed by atoms with Gasteiger partial charge in [-0.15, -0.1) is 4.99 Å². The summed E-state index contributed by atoms with van der Waals surface area (Å²) in [5.41, 5.74) is 0.494. The minimum atomic E-state index is -0.681. The molecule has 5 heteroatoms. The first-order chi connectivity index (χ1) is 7.27. The van der Waals surface area contributed by atoms with E-state index in [1.165, 1.54) is 7.11 Å². The Morgan fingerprint density at radius 1 is 1.53 bits per heavy atom. The molecule has 1 aromatic rings. The molecule has 1 amide bonds. The van der Waals surface area contributed by atoms with Crippen molar-refractivity contribution in [2.45, 2.75) is 6.92 Å². The molecule has 0 fully saturated rings. The van der Waals surface area contributed by atoms with E-state index >= 15 is 0 Å². The highest BCUT2D eigenvalue weighted by atomic mass is 16.6. The highest BCUT2D eigenvalue weighted by molar-refractivity contribution is 5.98. The van der Waals surface area contributed by atoms with Crippen LogP contribution in [0.3, 0.4) is 0 Å². The molecule has 5 nitrogen and oxygen atoms in total. The fourth-order valence-electron chi connectivity index (χ4n) is 0.935. The Balaban J connectivity index is 2.84. The molecule has 0 aliphatic rings. The zero-order valence-electron chi connectivity index (χ0n) is 8.64. The van der Waals surface area contributed by atoms with Crippen molar-refractivity contribution in [2.24, 2.45) is 4.99 Å². The lowest BCUT2D eigenvalue weighted by molar-refractivity contribution is 0.163. The van der Waals surface area contributed by atoms with Gasteiger partial charge in [-0.3, -0.25) is 4.98 Å². The maximum atomic E-state index is 11.1. The van der Waals surface area contributed by atoms with Gasteiger partial charge in [-0.1, -0.05) is 6.07 Å². The fraction of sp³-hybridized carbons (Fsp3) is 0.300. The van der Waals surface area contributed by atoms with Crippen LogP contribution in [0.4, 0.5) is 4.79 Å². The van der Waals surface area contributed by atoms with E-state index in [0.29, 0.717) is 5.69 Å². The third-order valence-electron chi connectivity index (χ3n) is 1.54. The Morgan fingerprint density at radius 2 is 2.33 bits per heavy atom. The summed E-state index contributed by atoms with van der Waals surface area (Å²) in [6.07, 6.45) is 0.912. The fourth-order valence-corrected chi connectivity index (χ4v) is 0.935. The van der Waals surface area contributed by atoms with Crippen molar-refractivity contribution < 1.29 is 14.3 Å². The molecule has 1 aromatic heterocycles. The van der Waals surface area contributed by atoms with Crippen molar-refractivity contribution in [1.82, 2.24) is 4.98 Å². The molecule has 0 radical (unpaired) electrons. The van der Waals surface area contributed by atoms with Gasteiger partial charge in [0.15, 0.2) is 0 Å². The summed E-state index contributed by atoms with van der Waals surface area (Å²) in [6, 6.07) is 5.24. The van der Waals surface area contributed by atoms with Crippen LogP contribution in [-0.4, -0.2) is 30.7 Å². The lowest BCUT2D eigenvalue weighted by atomic mass is 10.3. The highest BCUT2D eigenvalue weighted by Gasteiger charge is 2.07. The zero-order valence-corrected chi connectivity index (χ0v) is 8.64. The van der Waals surface area contributed by atoms with Crippen LogP contribution in [0.1, 0.15) is 12.6 Å². The Labute approximate surface area is 87.8 Å². The van der Waals surface area contributed by atoms with E-state index in [-0.39, 0.29) is 12.5 Å². The van der Waals surface area contributed by atoms with E-state index in [2.05, 4.69) is 14.7 Å². The monoisotopic (exact) mass is 208 g/mol. The Bertz CT molecular complexity index is 349.